The number of amides is 2. The summed E-state index contributed by atoms with van der Waals surface area (Å²) in [5.74, 6) is -1.92. The van der Waals surface area contributed by atoms with Crippen molar-refractivity contribution in [1.82, 2.24) is 10.6 Å². The Hall–Kier alpha value is -2.52. The van der Waals surface area contributed by atoms with Crippen LogP contribution in [0, 0.1) is 0 Å². The number of rotatable bonds is 8. The Bertz CT molecular complexity index is 563. The Labute approximate surface area is 165 Å². The van der Waals surface area contributed by atoms with E-state index >= 15 is 0 Å². The summed E-state index contributed by atoms with van der Waals surface area (Å²) < 4.78 is 14.8. The lowest BCUT2D eigenvalue weighted by atomic mass is 10.1. The first kappa shape index (κ1) is 25.5. The molecule has 28 heavy (non-hydrogen) atoms. The predicted octanol–water partition coefficient (Wildman–Crippen LogP) is 2.20. The largest absolute Gasteiger partial charge is 0.480 e. The van der Waals surface area contributed by atoms with Gasteiger partial charge in [-0.15, -0.1) is 0 Å². The van der Waals surface area contributed by atoms with Crippen LogP contribution in [0.5, 0.6) is 0 Å². The van der Waals surface area contributed by atoms with Crippen LogP contribution in [0.2, 0.25) is 0 Å². The highest BCUT2D eigenvalue weighted by atomic mass is 16.6. The molecule has 10 heteroatoms. The van der Waals surface area contributed by atoms with E-state index in [0.717, 1.165) is 0 Å². The van der Waals surface area contributed by atoms with Crippen molar-refractivity contribution in [3.8, 4) is 0 Å². The Morgan fingerprint density at radius 2 is 1.21 bits per heavy atom. The second-order valence-electron chi connectivity index (χ2n) is 8.19. The first-order valence-corrected chi connectivity index (χ1v) is 8.94. The number of ether oxygens (including phenoxy) is 3. The molecule has 0 rings (SSSR count). The number of hydrogen-bond donors (Lipinski definition) is 3. The molecule has 2 atom stereocenters. The highest BCUT2D eigenvalue weighted by Crippen LogP contribution is 2.11. The van der Waals surface area contributed by atoms with Gasteiger partial charge in [-0.2, -0.15) is 0 Å². The van der Waals surface area contributed by atoms with E-state index in [9.17, 15) is 24.3 Å². The van der Waals surface area contributed by atoms with E-state index in [4.69, 9.17) is 9.47 Å². The summed E-state index contributed by atoms with van der Waals surface area (Å²) in [6.45, 7) is 10.0. The molecule has 0 radical (unpaired) electrons. The second-order valence-corrected chi connectivity index (χ2v) is 8.19. The van der Waals surface area contributed by atoms with E-state index in [2.05, 4.69) is 15.4 Å². The fraction of sp³-hybridized carbons (Fsp3) is 0.778. The van der Waals surface area contributed by atoms with Gasteiger partial charge in [0.2, 0.25) is 0 Å². The van der Waals surface area contributed by atoms with Gasteiger partial charge in [-0.25, -0.2) is 19.2 Å². The minimum Gasteiger partial charge on any atom is -0.480 e. The van der Waals surface area contributed by atoms with Gasteiger partial charge in [0.15, 0.2) is 0 Å². The molecule has 0 saturated heterocycles. The van der Waals surface area contributed by atoms with Gasteiger partial charge in [-0.05, 0) is 60.8 Å². The standard InChI is InChI=1S/C18H32N2O8/c1-17(2,3)27-15(24)19-11(13(21)22)9-8-10-12(14(23)26-7)20-16(25)28-18(4,5)6/h11-12H,8-10H2,1-7H3,(H,19,24)(H,20,25)(H,21,22)/t11-,12+/m1/s1. The average molecular weight is 404 g/mol. The summed E-state index contributed by atoms with van der Waals surface area (Å²) in [5.41, 5.74) is -1.50. The Kier molecular flexibility index (Phi) is 9.76. The molecule has 0 unspecified atom stereocenters. The van der Waals surface area contributed by atoms with E-state index in [1.807, 2.05) is 0 Å². The number of nitrogens with one attached hydrogen (secondary N) is 2. The zero-order valence-corrected chi connectivity index (χ0v) is 17.6. The molecule has 0 spiro atoms. The first-order chi connectivity index (χ1) is 12.6. The maximum Gasteiger partial charge on any atom is 0.408 e. The summed E-state index contributed by atoms with van der Waals surface area (Å²) in [6.07, 6.45) is -1.30. The van der Waals surface area contributed by atoms with Crippen LogP contribution in [0.3, 0.4) is 0 Å². The maximum atomic E-state index is 11.9. The van der Waals surface area contributed by atoms with Gasteiger partial charge in [-0.3, -0.25) is 0 Å². The molecule has 0 aliphatic rings. The van der Waals surface area contributed by atoms with Gasteiger partial charge in [0.05, 0.1) is 7.11 Å². The van der Waals surface area contributed by atoms with Gasteiger partial charge in [0, 0.05) is 0 Å². The van der Waals surface area contributed by atoms with Gasteiger partial charge < -0.3 is 30.0 Å². The second kappa shape index (κ2) is 10.7. The van der Waals surface area contributed by atoms with E-state index in [1.165, 1.54) is 7.11 Å². The SMILES string of the molecule is COC(=O)[C@H](CCC[C@@H](NC(=O)OC(C)(C)C)C(=O)O)NC(=O)OC(C)(C)C. The molecule has 0 aromatic heterocycles. The van der Waals surface area contributed by atoms with Crippen LogP contribution in [0.4, 0.5) is 9.59 Å². The van der Waals surface area contributed by atoms with Crippen molar-refractivity contribution in [2.45, 2.75) is 84.1 Å². The monoisotopic (exact) mass is 404 g/mol. The van der Waals surface area contributed by atoms with E-state index < -0.39 is 47.4 Å². The highest BCUT2D eigenvalue weighted by Gasteiger charge is 2.27. The number of alkyl carbamates (subject to hydrolysis) is 2. The van der Waals surface area contributed by atoms with Crippen molar-refractivity contribution in [1.29, 1.82) is 0 Å². The van der Waals surface area contributed by atoms with E-state index in [1.54, 1.807) is 41.5 Å². The molecular formula is C18H32N2O8. The van der Waals surface area contributed by atoms with E-state index in [0.29, 0.717) is 0 Å². The number of hydrogen-bond acceptors (Lipinski definition) is 7. The van der Waals surface area contributed by atoms with Crippen LogP contribution in [-0.2, 0) is 23.8 Å². The third kappa shape index (κ3) is 12.0. The molecule has 0 bridgehead atoms. The Morgan fingerprint density at radius 3 is 1.57 bits per heavy atom. The van der Waals surface area contributed by atoms with Gasteiger partial charge in [0.25, 0.3) is 0 Å². The first-order valence-electron chi connectivity index (χ1n) is 8.94. The molecular weight excluding hydrogens is 372 g/mol. The Balaban J connectivity index is 4.77. The number of carbonyl (C=O) groups excluding carboxylic acids is 3. The third-order valence-electron chi connectivity index (χ3n) is 3.15. The van der Waals surface area contributed by atoms with Crippen molar-refractivity contribution in [3.05, 3.63) is 0 Å². The zero-order valence-electron chi connectivity index (χ0n) is 17.6. The molecule has 2 amide bonds. The number of esters is 1. The van der Waals surface area contributed by atoms with Crippen molar-refractivity contribution >= 4 is 24.1 Å². The van der Waals surface area contributed by atoms with Crippen molar-refractivity contribution in [2.75, 3.05) is 7.11 Å². The van der Waals surface area contributed by atoms with Crippen molar-refractivity contribution < 1.29 is 38.5 Å². The highest BCUT2D eigenvalue weighted by molar-refractivity contribution is 5.81. The van der Waals surface area contributed by atoms with Crippen molar-refractivity contribution in [3.63, 3.8) is 0 Å². The molecule has 10 nitrogen and oxygen atoms in total. The van der Waals surface area contributed by atoms with Gasteiger partial charge >= 0.3 is 24.1 Å². The fourth-order valence-electron chi connectivity index (χ4n) is 2.07. The van der Waals surface area contributed by atoms with E-state index in [-0.39, 0.29) is 19.3 Å². The number of carboxylic acid groups (broad SMARTS) is 1. The fourth-order valence-corrected chi connectivity index (χ4v) is 2.07. The lowest BCUT2D eigenvalue weighted by Gasteiger charge is -2.23. The molecule has 0 aromatic carbocycles. The van der Waals surface area contributed by atoms with Gasteiger partial charge in [0.1, 0.15) is 23.3 Å². The minimum atomic E-state index is -1.24. The quantitative estimate of drug-likeness (QED) is 0.413. The van der Waals surface area contributed by atoms with Crippen LogP contribution in [0.15, 0.2) is 0 Å². The van der Waals surface area contributed by atoms with Crippen LogP contribution in [0.1, 0.15) is 60.8 Å². The molecule has 0 aliphatic heterocycles. The Morgan fingerprint density at radius 1 is 0.821 bits per heavy atom. The molecule has 0 aliphatic carbocycles. The van der Waals surface area contributed by atoms with Crippen LogP contribution in [0.25, 0.3) is 0 Å². The number of aliphatic carboxylic acids is 1. The number of carbonyl (C=O) groups is 4. The molecule has 0 heterocycles. The lowest BCUT2D eigenvalue weighted by molar-refractivity contribution is -0.143. The summed E-state index contributed by atoms with van der Waals surface area (Å²) in [7, 11) is 1.18. The lowest BCUT2D eigenvalue weighted by Crippen LogP contribution is -2.45. The zero-order chi connectivity index (χ0) is 22.1. The average Bonchev–Trinajstić information content (AvgIpc) is 2.48. The minimum absolute atomic E-state index is 0.0259. The normalized spacial score (nSPS) is 13.7. The third-order valence-corrected chi connectivity index (χ3v) is 3.15. The van der Waals surface area contributed by atoms with Crippen LogP contribution < -0.4 is 10.6 Å². The summed E-state index contributed by atoms with van der Waals surface area (Å²) in [4.78, 5) is 46.8. The molecule has 162 valence electrons. The van der Waals surface area contributed by atoms with Crippen molar-refractivity contribution in [2.24, 2.45) is 0 Å². The number of carboxylic acids is 1. The summed E-state index contributed by atoms with van der Waals surface area (Å²) in [5, 5.41) is 13.9. The topological polar surface area (TPSA) is 140 Å². The van der Waals surface area contributed by atoms with Gasteiger partial charge in [-0.1, -0.05) is 0 Å². The summed E-state index contributed by atoms with van der Waals surface area (Å²) in [6, 6.07) is -2.20. The number of methoxy groups -OCH3 is 1. The molecule has 0 fully saturated rings. The molecule has 3 N–H and O–H groups in total. The van der Waals surface area contributed by atoms with Crippen LogP contribution >= 0.6 is 0 Å². The molecule has 0 saturated carbocycles. The molecule has 0 aromatic rings. The summed E-state index contributed by atoms with van der Waals surface area (Å²) >= 11 is 0. The maximum absolute atomic E-state index is 11.9. The predicted molar refractivity (Wildman–Crippen MR) is 99.8 cm³/mol. The van der Waals surface area contributed by atoms with Crippen LogP contribution in [-0.4, -0.2) is 59.6 Å². The smallest absolute Gasteiger partial charge is 0.408 e.